The number of thioether (sulfide) groups is 1. The highest BCUT2D eigenvalue weighted by Gasteiger charge is 2.20. The number of benzene rings is 2. The van der Waals surface area contributed by atoms with Crippen LogP contribution in [0.4, 0.5) is 0 Å². The van der Waals surface area contributed by atoms with E-state index in [1.165, 1.54) is 5.56 Å². The van der Waals surface area contributed by atoms with Crippen molar-refractivity contribution in [2.45, 2.75) is 37.4 Å². The van der Waals surface area contributed by atoms with Crippen molar-refractivity contribution in [2.24, 2.45) is 0 Å². The fourth-order valence-electron chi connectivity index (χ4n) is 3.24. The largest absolute Gasteiger partial charge is 0.481 e. The Labute approximate surface area is 211 Å². The van der Waals surface area contributed by atoms with E-state index in [1.807, 2.05) is 17.6 Å². The number of nitrogens with zero attached hydrogens (tertiary/aromatic N) is 4. The van der Waals surface area contributed by atoms with Gasteiger partial charge in [0.1, 0.15) is 10.8 Å². The van der Waals surface area contributed by atoms with Crippen LogP contribution in [0.3, 0.4) is 0 Å². The van der Waals surface area contributed by atoms with E-state index in [4.69, 9.17) is 32.9 Å². The second-order valence-electron chi connectivity index (χ2n) is 7.38. The molecule has 170 valence electrons. The molecule has 2 aromatic heterocycles. The van der Waals surface area contributed by atoms with E-state index in [0.717, 1.165) is 21.4 Å². The monoisotopic (exact) mass is 516 g/mol. The molecule has 0 saturated carbocycles. The van der Waals surface area contributed by atoms with Gasteiger partial charge in [-0.25, -0.2) is 4.98 Å². The van der Waals surface area contributed by atoms with Gasteiger partial charge in [0.05, 0.1) is 10.7 Å². The summed E-state index contributed by atoms with van der Waals surface area (Å²) in [5.41, 5.74) is 3.37. The van der Waals surface area contributed by atoms with Crippen LogP contribution in [0.15, 0.2) is 65.7 Å². The first-order valence-corrected chi connectivity index (χ1v) is 12.9. The van der Waals surface area contributed by atoms with Gasteiger partial charge in [0.2, 0.25) is 0 Å². The summed E-state index contributed by atoms with van der Waals surface area (Å²) in [4.78, 5) is 4.80. The number of allylic oxidation sites excluding steroid dienone is 1. The number of halogens is 2. The zero-order valence-electron chi connectivity index (χ0n) is 18.2. The predicted octanol–water partition coefficient (Wildman–Crippen LogP) is 7.64. The second-order valence-corrected chi connectivity index (χ2v) is 10.0. The van der Waals surface area contributed by atoms with Crippen molar-refractivity contribution in [1.29, 1.82) is 0 Å². The summed E-state index contributed by atoms with van der Waals surface area (Å²) in [5.74, 6) is 1.88. The summed E-state index contributed by atoms with van der Waals surface area (Å²) in [6.07, 6.45) is 1.43. The quantitative estimate of drug-likeness (QED) is 0.169. The molecule has 0 aliphatic rings. The lowest BCUT2D eigenvalue weighted by molar-refractivity contribution is 0.210. The Kier molecular flexibility index (Phi) is 7.75. The first-order valence-electron chi connectivity index (χ1n) is 10.2. The number of rotatable bonds is 9. The molecule has 2 aromatic carbocycles. The predicted molar refractivity (Wildman–Crippen MR) is 138 cm³/mol. The van der Waals surface area contributed by atoms with Crippen molar-refractivity contribution in [2.75, 3.05) is 0 Å². The van der Waals surface area contributed by atoms with E-state index >= 15 is 0 Å². The lowest BCUT2D eigenvalue weighted by Gasteiger charge is -2.16. The van der Waals surface area contributed by atoms with E-state index < -0.39 is 0 Å². The fourth-order valence-corrected chi connectivity index (χ4v) is 5.34. The Morgan fingerprint density at radius 2 is 2.06 bits per heavy atom. The highest BCUT2D eigenvalue weighted by molar-refractivity contribution is 7.98. The van der Waals surface area contributed by atoms with Crippen LogP contribution in [0.1, 0.15) is 30.1 Å². The van der Waals surface area contributed by atoms with Gasteiger partial charge in [-0.05, 0) is 32.0 Å². The smallest absolute Gasteiger partial charge is 0.192 e. The van der Waals surface area contributed by atoms with Gasteiger partial charge in [0.25, 0.3) is 0 Å². The molecule has 5 nitrogen and oxygen atoms in total. The Morgan fingerprint density at radius 1 is 1.21 bits per heavy atom. The van der Waals surface area contributed by atoms with Gasteiger partial charge in [-0.1, -0.05) is 64.8 Å². The molecule has 9 heteroatoms. The number of hydrogen-bond acceptors (Lipinski definition) is 6. The molecule has 0 bridgehead atoms. The maximum absolute atomic E-state index is 6.25. The molecule has 0 amide bonds. The summed E-state index contributed by atoms with van der Waals surface area (Å²) >= 11 is 15.6. The van der Waals surface area contributed by atoms with E-state index in [9.17, 15) is 0 Å². The van der Waals surface area contributed by atoms with Crippen LogP contribution >= 0.6 is 46.3 Å². The molecule has 0 saturated heterocycles. The van der Waals surface area contributed by atoms with Crippen molar-refractivity contribution in [1.82, 2.24) is 19.7 Å². The van der Waals surface area contributed by atoms with Crippen LogP contribution in [0, 0.1) is 6.92 Å². The average Bonchev–Trinajstić information content (AvgIpc) is 3.42. The highest BCUT2D eigenvalue weighted by Crippen LogP contribution is 2.33. The van der Waals surface area contributed by atoms with Crippen LogP contribution in [0.2, 0.25) is 10.0 Å². The summed E-state index contributed by atoms with van der Waals surface area (Å²) in [7, 11) is 0. The van der Waals surface area contributed by atoms with Crippen LogP contribution < -0.4 is 4.74 Å². The molecule has 0 radical (unpaired) electrons. The molecular formula is C24H22Cl2N4OS2. The van der Waals surface area contributed by atoms with Gasteiger partial charge in [-0.2, -0.15) is 0 Å². The van der Waals surface area contributed by atoms with Crippen molar-refractivity contribution in [3.8, 4) is 16.3 Å². The third kappa shape index (κ3) is 5.79. The van der Waals surface area contributed by atoms with Crippen molar-refractivity contribution in [3.05, 3.63) is 87.6 Å². The average molecular weight is 518 g/mol. The number of thiazole rings is 1. The normalized spacial score (nSPS) is 12.0. The zero-order valence-corrected chi connectivity index (χ0v) is 21.3. The molecule has 0 aliphatic heterocycles. The minimum Gasteiger partial charge on any atom is -0.481 e. The second kappa shape index (κ2) is 10.7. The molecule has 1 unspecified atom stereocenters. The molecule has 0 fully saturated rings. The number of ether oxygens (including phenoxy) is 1. The molecular weight excluding hydrogens is 495 g/mol. The summed E-state index contributed by atoms with van der Waals surface area (Å²) in [6, 6.07) is 13.5. The lowest BCUT2D eigenvalue weighted by Crippen LogP contribution is -2.12. The zero-order chi connectivity index (χ0) is 23.4. The molecule has 4 rings (SSSR count). The minimum atomic E-state index is -0.380. The Balaban J connectivity index is 1.49. The SMILES string of the molecule is C=CCn1c(SCc2csc(-c3cccc(C)c3)n2)nnc1C(C)Oc1cc(Cl)ccc1Cl. The van der Waals surface area contributed by atoms with Gasteiger partial charge >= 0.3 is 0 Å². The molecule has 33 heavy (non-hydrogen) atoms. The van der Waals surface area contributed by atoms with Crippen LogP contribution in [-0.2, 0) is 12.3 Å². The van der Waals surface area contributed by atoms with Gasteiger partial charge in [-0.3, -0.25) is 4.57 Å². The molecule has 0 N–H and O–H groups in total. The minimum absolute atomic E-state index is 0.380. The standard InChI is InChI=1S/C24H22Cl2N4OS2/c1-4-10-30-22(16(3)31-21-12-18(25)8-9-20(21)26)28-29-24(30)33-14-19-13-32-23(27-19)17-7-5-6-15(2)11-17/h4-9,11-13,16H,1,10,14H2,2-3H3. The Hall–Kier alpha value is -2.32. The van der Waals surface area contributed by atoms with Gasteiger partial charge in [0, 0.05) is 34.3 Å². The summed E-state index contributed by atoms with van der Waals surface area (Å²) < 4.78 is 8.04. The Morgan fingerprint density at radius 3 is 2.85 bits per heavy atom. The lowest BCUT2D eigenvalue weighted by atomic mass is 10.1. The Bertz CT molecular complexity index is 1270. The van der Waals surface area contributed by atoms with E-state index in [1.54, 1.807) is 41.3 Å². The maximum atomic E-state index is 6.25. The third-order valence-electron chi connectivity index (χ3n) is 4.78. The topological polar surface area (TPSA) is 52.8 Å². The van der Waals surface area contributed by atoms with Crippen molar-refractivity contribution >= 4 is 46.3 Å². The van der Waals surface area contributed by atoms with Crippen LogP contribution in [-0.4, -0.2) is 19.7 Å². The van der Waals surface area contributed by atoms with E-state index in [-0.39, 0.29) is 6.10 Å². The molecule has 0 aliphatic carbocycles. The summed E-state index contributed by atoms with van der Waals surface area (Å²) in [5, 5.41) is 13.7. The molecule has 0 spiro atoms. The molecule has 1 atom stereocenters. The van der Waals surface area contributed by atoms with Crippen molar-refractivity contribution < 1.29 is 4.74 Å². The molecule has 4 aromatic rings. The van der Waals surface area contributed by atoms with E-state index in [0.29, 0.717) is 33.9 Å². The first kappa shape index (κ1) is 23.8. The highest BCUT2D eigenvalue weighted by atomic mass is 35.5. The third-order valence-corrected chi connectivity index (χ3v) is 7.27. The summed E-state index contributed by atoms with van der Waals surface area (Å²) in [6.45, 7) is 8.43. The van der Waals surface area contributed by atoms with E-state index in [2.05, 4.69) is 53.3 Å². The van der Waals surface area contributed by atoms with Gasteiger partial charge in [-0.15, -0.1) is 28.1 Å². The van der Waals surface area contributed by atoms with Crippen molar-refractivity contribution in [3.63, 3.8) is 0 Å². The fraction of sp³-hybridized carbons (Fsp3) is 0.208. The van der Waals surface area contributed by atoms with Crippen LogP contribution in [0.25, 0.3) is 10.6 Å². The first-order chi connectivity index (χ1) is 15.9. The van der Waals surface area contributed by atoms with Gasteiger partial charge in [0.15, 0.2) is 17.1 Å². The number of aryl methyl sites for hydroxylation is 1. The number of hydrogen-bond donors (Lipinski definition) is 0. The maximum Gasteiger partial charge on any atom is 0.192 e. The number of aromatic nitrogens is 4. The van der Waals surface area contributed by atoms with Crippen LogP contribution in [0.5, 0.6) is 5.75 Å². The van der Waals surface area contributed by atoms with Gasteiger partial charge < -0.3 is 4.74 Å². The molecule has 2 heterocycles.